The van der Waals surface area contributed by atoms with Crippen LogP contribution in [0.1, 0.15) is 16.1 Å². The van der Waals surface area contributed by atoms with Crippen molar-refractivity contribution in [3.05, 3.63) is 40.3 Å². The van der Waals surface area contributed by atoms with Crippen LogP contribution in [0.25, 0.3) is 0 Å². The number of amides is 1. The fourth-order valence-corrected chi connectivity index (χ4v) is 2.22. The fraction of sp³-hybridized carbons (Fsp3) is 0.250. The lowest BCUT2D eigenvalue weighted by Gasteiger charge is -2.19. The molecule has 0 saturated heterocycles. The number of carbonyl (C=O) groups excluding carboxylic acids is 1. The Labute approximate surface area is 121 Å². The van der Waals surface area contributed by atoms with Crippen LogP contribution in [-0.4, -0.2) is 28.3 Å². The van der Waals surface area contributed by atoms with Gasteiger partial charge in [-0.2, -0.15) is 13.2 Å². The molecule has 0 saturated carbocycles. The minimum atomic E-state index is -4.65. The molecular formula is C12H10F3N3O2S. The summed E-state index contributed by atoms with van der Waals surface area (Å²) in [5, 5.41) is 14.4. The highest BCUT2D eigenvalue weighted by Gasteiger charge is 2.37. The summed E-state index contributed by atoms with van der Waals surface area (Å²) in [5.41, 5.74) is 0.502. The smallest absolute Gasteiger partial charge is 0.376 e. The molecule has 0 aliphatic carbocycles. The molecule has 5 nitrogen and oxygen atoms in total. The highest BCUT2D eigenvalue weighted by Crippen LogP contribution is 2.33. The molecule has 1 unspecified atom stereocenters. The second-order valence-corrected chi connectivity index (χ2v) is 5.09. The van der Waals surface area contributed by atoms with Crippen molar-refractivity contribution in [1.29, 1.82) is 0 Å². The van der Waals surface area contributed by atoms with Crippen LogP contribution < -0.4 is 4.90 Å². The van der Waals surface area contributed by atoms with Gasteiger partial charge in [0.15, 0.2) is 11.1 Å². The van der Waals surface area contributed by atoms with Gasteiger partial charge in [0.1, 0.15) is 0 Å². The second-order valence-electron chi connectivity index (χ2n) is 4.08. The van der Waals surface area contributed by atoms with Gasteiger partial charge in [-0.1, -0.05) is 29.5 Å². The number of rotatable bonds is 3. The maximum Gasteiger partial charge on any atom is 0.445 e. The van der Waals surface area contributed by atoms with Crippen LogP contribution in [0.15, 0.2) is 30.3 Å². The Kier molecular flexibility index (Phi) is 4.24. The maximum absolute atomic E-state index is 12.4. The molecule has 0 radical (unpaired) electrons. The number of carbonyl (C=O) groups is 1. The zero-order valence-corrected chi connectivity index (χ0v) is 11.5. The molecule has 21 heavy (non-hydrogen) atoms. The topological polar surface area (TPSA) is 66.3 Å². The van der Waals surface area contributed by atoms with Crippen molar-refractivity contribution >= 4 is 22.9 Å². The second kappa shape index (κ2) is 5.78. The van der Waals surface area contributed by atoms with Crippen molar-refractivity contribution in [1.82, 2.24) is 10.2 Å². The quantitative estimate of drug-likeness (QED) is 0.943. The molecule has 9 heteroatoms. The molecule has 1 aromatic heterocycles. The molecule has 0 fully saturated rings. The molecule has 2 rings (SSSR count). The van der Waals surface area contributed by atoms with Gasteiger partial charge in [0.25, 0.3) is 5.91 Å². The van der Waals surface area contributed by atoms with Gasteiger partial charge >= 0.3 is 6.18 Å². The Morgan fingerprint density at radius 1 is 1.29 bits per heavy atom. The van der Waals surface area contributed by atoms with Crippen LogP contribution in [0.2, 0.25) is 0 Å². The largest absolute Gasteiger partial charge is 0.445 e. The third-order valence-electron chi connectivity index (χ3n) is 2.63. The molecule has 2 aromatic rings. The number of aliphatic hydroxyl groups is 1. The number of alkyl halides is 3. The molecule has 1 amide bonds. The van der Waals surface area contributed by atoms with E-state index < -0.39 is 28.2 Å². The summed E-state index contributed by atoms with van der Waals surface area (Å²) < 4.78 is 37.3. The maximum atomic E-state index is 12.4. The predicted molar refractivity (Wildman–Crippen MR) is 69.7 cm³/mol. The van der Waals surface area contributed by atoms with E-state index in [9.17, 15) is 23.1 Å². The Morgan fingerprint density at radius 2 is 1.90 bits per heavy atom. The average molecular weight is 317 g/mol. The molecule has 1 atom stereocenters. The van der Waals surface area contributed by atoms with Crippen LogP contribution >= 0.6 is 11.3 Å². The summed E-state index contributed by atoms with van der Waals surface area (Å²) in [7, 11) is 1.41. The zero-order valence-electron chi connectivity index (χ0n) is 10.7. The zero-order chi connectivity index (χ0) is 15.6. The summed E-state index contributed by atoms with van der Waals surface area (Å²) in [6.45, 7) is 0. The summed E-state index contributed by atoms with van der Waals surface area (Å²) >= 11 is 0.144. The van der Waals surface area contributed by atoms with Gasteiger partial charge in [-0.05, 0) is 12.1 Å². The Hall–Kier alpha value is -2.00. The van der Waals surface area contributed by atoms with Crippen molar-refractivity contribution in [2.45, 2.75) is 12.3 Å². The van der Waals surface area contributed by atoms with Crippen LogP contribution in [-0.2, 0) is 11.0 Å². The molecule has 0 aliphatic rings. The number of benzene rings is 1. The first-order valence-electron chi connectivity index (χ1n) is 5.72. The molecule has 1 N–H and O–H groups in total. The highest BCUT2D eigenvalue weighted by molar-refractivity contribution is 7.11. The van der Waals surface area contributed by atoms with E-state index in [0.29, 0.717) is 5.69 Å². The number of hydrogen-bond donors (Lipinski definition) is 1. The van der Waals surface area contributed by atoms with E-state index >= 15 is 0 Å². The van der Waals surface area contributed by atoms with Crippen LogP contribution in [0.5, 0.6) is 0 Å². The van der Waals surface area contributed by atoms with Gasteiger partial charge < -0.3 is 10.0 Å². The standard InChI is InChI=1S/C12H10F3N3O2S/c1-18(7-5-3-2-4-6-7)10(20)8(19)9-16-17-11(21-9)12(13,14)15/h2-6,8,19H,1H3. The first-order valence-corrected chi connectivity index (χ1v) is 6.53. The summed E-state index contributed by atoms with van der Waals surface area (Å²) in [4.78, 5) is 13.2. The Bertz CT molecular complexity index is 630. The number of nitrogens with zero attached hydrogens (tertiary/aromatic N) is 3. The SMILES string of the molecule is CN(C(=O)C(O)c1nnc(C(F)(F)F)s1)c1ccccc1. The van der Waals surface area contributed by atoms with Crippen molar-refractivity contribution in [3.63, 3.8) is 0 Å². The van der Waals surface area contributed by atoms with E-state index in [1.807, 2.05) is 0 Å². The molecular weight excluding hydrogens is 307 g/mol. The molecule has 1 heterocycles. The molecule has 0 aliphatic heterocycles. The van der Waals surface area contributed by atoms with E-state index in [1.165, 1.54) is 7.05 Å². The third kappa shape index (κ3) is 3.37. The first-order chi connectivity index (χ1) is 9.80. The van der Waals surface area contributed by atoms with Gasteiger partial charge in [0, 0.05) is 12.7 Å². The number of para-hydroxylation sites is 1. The number of likely N-dealkylation sites (N-methyl/N-ethyl adjacent to an activating group) is 1. The van der Waals surface area contributed by atoms with Gasteiger partial charge in [-0.3, -0.25) is 4.79 Å². The van der Waals surface area contributed by atoms with Crippen LogP contribution in [0, 0.1) is 0 Å². The minimum Gasteiger partial charge on any atom is -0.376 e. The summed E-state index contributed by atoms with van der Waals surface area (Å²) in [6, 6.07) is 8.40. The number of aromatic nitrogens is 2. The lowest BCUT2D eigenvalue weighted by atomic mass is 10.2. The Morgan fingerprint density at radius 3 is 2.43 bits per heavy atom. The molecule has 0 bridgehead atoms. The van der Waals surface area contributed by atoms with E-state index in [-0.39, 0.29) is 11.3 Å². The van der Waals surface area contributed by atoms with E-state index in [2.05, 4.69) is 10.2 Å². The van der Waals surface area contributed by atoms with Crippen molar-refractivity contribution < 1.29 is 23.1 Å². The molecule has 1 aromatic carbocycles. The average Bonchev–Trinajstić information content (AvgIpc) is 2.95. The van der Waals surface area contributed by atoms with Crippen molar-refractivity contribution in [2.24, 2.45) is 0 Å². The van der Waals surface area contributed by atoms with E-state index in [1.54, 1.807) is 30.3 Å². The van der Waals surface area contributed by atoms with Gasteiger partial charge in [0.05, 0.1) is 0 Å². The summed E-state index contributed by atoms with van der Waals surface area (Å²) in [5.74, 6) is -0.786. The lowest BCUT2D eigenvalue weighted by molar-refractivity contribution is -0.138. The Balaban J connectivity index is 2.18. The number of anilines is 1. The highest BCUT2D eigenvalue weighted by atomic mass is 32.1. The number of aliphatic hydroxyl groups excluding tert-OH is 1. The van der Waals surface area contributed by atoms with Crippen molar-refractivity contribution in [3.8, 4) is 0 Å². The fourth-order valence-electron chi connectivity index (χ4n) is 1.53. The first kappa shape index (κ1) is 15.4. The normalized spacial score (nSPS) is 13.0. The number of halogens is 3. The van der Waals surface area contributed by atoms with Crippen LogP contribution in [0.3, 0.4) is 0 Å². The monoisotopic (exact) mass is 317 g/mol. The summed E-state index contributed by atoms with van der Waals surface area (Å²) in [6.07, 6.45) is -6.44. The van der Waals surface area contributed by atoms with E-state index in [4.69, 9.17) is 0 Å². The predicted octanol–water partition coefficient (Wildman–Crippen LogP) is 2.25. The van der Waals surface area contributed by atoms with Gasteiger partial charge in [-0.25, -0.2) is 0 Å². The molecule has 112 valence electrons. The van der Waals surface area contributed by atoms with E-state index in [0.717, 1.165) is 4.90 Å². The van der Waals surface area contributed by atoms with Crippen molar-refractivity contribution in [2.75, 3.05) is 11.9 Å². The van der Waals surface area contributed by atoms with Gasteiger partial charge in [-0.15, -0.1) is 10.2 Å². The number of hydrogen-bond acceptors (Lipinski definition) is 5. The lowest BCUT2D eigenvalue weighted by Crippen LogP contribution is -2.31. The molecule has 0 spiro atoms. The third-order valence-corrected chi connectivity index (χ3v) is 3.65. The minimum absolute atomic E-state index is 0.144. The van der Waals surface area contributed by atoms with Gasteiger partial charge in [0.2, 0.25) is 5.01 Å². The van der Waals surface area contributed by atoms with Crippen LogP contribution in [0.4, 0.5) is 18.9 Å².